The molecule has 0 saturated carbocycles. The highest BCUT2D eigenvalue weighted by molar-refractivity contribution is 7.89. The van der Waals surface area contributed by atoms with Crippen LogP contribution in [0.2, 0.25) is 0 Å². The zero-order valence-corrected chi connectivity index (χ0v) is 19.5. The van der Waals surface area contributed by atoms with Gasteiger partial charge in [-0.25, -0.2) is 13.1 Å². The minimum Gasteiger partial charge on any atom is -0.335 e. The molecule has 0 bridgehead atoms. The van der Waals surface area contributed by atoms with E-state index in [1.807, 2.05) is 36.1 Å². The number of benzene rings is 2. The van der Waals surface area contributed by atoms with Crippen LogP contribution < -0.4 is 4.72 Å². The lowest BCUT2D eigenvalue weighted by Crippen LogP contribution is -2.46. The molecule has 1 aliphatic heterocycles. The molecule has 1 amide bonds. The summed E-state index contributed by atoms with van der Waals surface area (Å²) in [4.78, 5) is 17.9. The lowest BCUT2D eigenvalue weighted by molar-refractivity contribution is 0.0644. The first-order valence-corrected chi connectivity index (χ1v) is 12.5. The van der Waals surface area contributed by atoms with Crippen molar-refractivity contribution in [1.29, 1.82) is 0 Å². The van der Waals surface area contributed by atoms with Gasteiger partial charge in [0.15, 0.2) is 0 Å². The summed E-state index contributed by atoms with van der Waals surface area (Å²) >= 11 is 0. The quantitative estimate of drug-likeness (QED) is 0.643. The molecule has 31 heavy (non-hydrogen) atoms. The van der Waals surface area contributed by atoms with Crippen LogP contribution in [0, 0.1) is 0 Å². The van der Waals surface area contributed by atoms with Crippen molar-refractivity contribution in [2.75, 3.05) is 33.2 Å². The molecule has 1 N–H and O–H groups in total. The second kappa shape index (κ2) is 10.4. The molecule has 0 radical (unpaired) electrons. The van der Waals surface area contributed by atoms with Gasteiger partial charge in [-0.15, -0.1) is 0 Å². The average molecular weight is 444 g/mol. The molecule has 6 nitrogen and oxygen atoms in total. The van der Waals surface area contributed by atoms with Crippen molar-refractivity contribution in [2.45, 2.75) is 44.0 Å². The van der Waals surface area contributed by atoms with Crippen LogP contribution in [0.1, 0.15) is 43.5 Å². The largest absolute Gasteiger partial charge is 0.335 e. The number of carbonyl (C=O) groups is 1. The molecule has 1 aliphatic rings. The highest BCUT2D eigenvalue weighted by atomic mass is 32.2. The van der Waals surface area contributed by atoms with Crippen LogP contribution in [-0.4, -0.2) is 63.4 Å². The van der Waals surface area contributed by atoms with Crippen LogP contribution in [0.5, 0.6) is 0 Å². The number of sulfonamides is 1. The summed E-state index contributed by atoms with van der Waals surface area (Å²) in [6.45, 7) is 8.08. The maximum Gasteiger partial charge on any atom is 0.254 e. The first-order chi connectivity index (χ1) is 14.9. The minimum absolute atomic E-state index is 0.0653. The summed E-state index contributed by atoms with van der Waals surface area (Å²) in [7, 11) is -2.06. The highest BCUT2D eigenvalue weighted by Gasteiger charge is 2.25. The van der Waals surface area contributed by atoms with Gasteiger partial charge in [-0.1, -0.05) is 31.2 Å². The van der Waals surface area contributed by atoms with Crippen LogP contribution in [0.15, 0.2) is 53.4 Å². The fourth-order valence-electron chi connectivity index (χ4n) is 4.19. The Morgan fingerprint density at radius 3 is 2.03 bits per heavy atom. The van der Waals surface area contributed by atoms with Crippen LogP contribution in [0.3, 0.4) is 0 Å². The van der Waals surface area contributed by atoms with E-state index in [0.29, 0.717) is 12.1 Å². The van der Waals surface area contributed by atoms with Gasteiger partial charge in [-0.2, -0.15) is 0 Å². The van der Waals surface area contributed by atoms with Gasteiger partial charge in [0.05, 0.1) is 4.90 Å². The maximum absolute atomic E-state index is 13.2. The molecule has 7 heteroatoms. The third-order valence-corrected chi connectivity index (χ3v) is 7.51. The number of amides is 1. The van der Waals surface area contributed by atoms with Crippen molar-refractivity contribution >= 4 is 15.9 Å². The van der Waals surface area contributed by atoms with Gasteiger partial charge in [-0.3, -0.25) is 4.79 Å². The van der Waals surface area contributed by atoms with E-state index in [0.717, 1.165) is 37.2 Å². The van der Waals surface area contributed by atoms with Crippen molar-refractivity contribution < 1.29 is 13.2 Å². The number of hydrogen-bond acceptors (Lipinski definition) is 4. The van der Waals surface area contributed by atoms with Crippen molar-refractivity contribution in [3.05, 3.63) is 54.1 Å². The smallest absolute Gasteiger partial charge is 0.254 e. The molecule has 0 aliphatic carbocycles. The number of likely N-dealkylation sites (tertiary alicyclic amines) is 1. The minimum atomic E-state index is -3.45. The molecule has 3 rings (SSSR count). The van der Waals surface area contributed by atoms with E-state index in [-0.39, 0.29) is 16.8 Å². The van der Waals surface area contributed by atoms with Crippen molar-refractivity contribution in [1.82, 2.24) is 14.5 Å². The standard InChI is InChI=1S/C24H33N3O3S/c1-4-22(18-26-16-6-7-17-26)27(5-2)24(28)21-10-8-19(9-11-21)20-12-14-23(15-13-20)31(29,30)25-3/h8-15,22,25H,4-7,16-18H2,1-3H3. The number of likely N-dealkylation sites (N-methyl/N-ethyl adjacent to an activating group) is 1. The van der Waals surface area contributed by atoms with E-state index in [4.69, 9.17) is 0 Å². The summed E-state index contributed by atoms with van der Waals surface area (Å²) in [5.41, 5.74) is 2.53. The van der Waals surface area contributed by atoms with Crippen LogP contribution in [0.4, 0.5) is 0 Å². The molecule has 1 fully saturated rings. The van der Waals surface area contributed by atoms with Crippen LogP contribution in [0.25, 0.3) is 11.1 Å². The van der Waals surface area contributed by atoms with Crippen molar-refractivity contribution in [3.63, 3.8) is 0 Å². The number of carbonyl (C=O) groups excluding carboxylic acids is 1. The fourth-order valence-corrected chi connectivity index (χ4v) is 4.92. The highest BCUT2D eigenvalue weighted by Crippen LogP contribution is 2.23. The summed E-state index contributed by atoms with van der Waals surface area (Å²) in [5, 5.41) is 0. The third-order valence-electron chi connectivity index (χ3n) is 6.08. The summed E-state index contributed by atoms with van der Waals surface area (Å²) in [6.07, 6.45) is 3.44. The van der Waals surface area contributed by atoms with Gasteiger partial charge >= 0.3 is 0 Å². The molecule has 1 atom stereocenters. The maximum atomic E-state index is 13.2. The molecular weight excluding hydrogens is 410 g/mol. The lowest BCUT2D eigenvalue weighted by Gasteiger charge is -2.33. The molecule has 1 unspecified atom stereocenters. The zero-order chi connectivity index (χ0) is 22.4. The number of nitrogens with zero attached hydrogens (tertiary/aromatic N) is 2. The van der Waals surface area contributed by atoms with Gasteiger partial charge in [0.2, 0.25) is 10.0 Å². The number of rotatable bonds is 9. The fraction of sp³-hybridized carbons (Fsp3) is 0.458. The first-order valence-electron chi connectivity index (χ1n) is 11.1. The molecule has 0 spiro atoms. The Balaban J connectivity index is 1.73. The Labute approximate surface area is 186 Å². The van der Waals surface area contributed by atoms with E-state index in [1.165, 1.54) is 19.9 Å². The normalized spacial score (nSPS) is 15.7. The number of hydrogen-bond donors (Lipinski definition) is 1. The summed E-state index contributed by atoms with van der Waals surface area (Å²) < 4.78 is 26.1. The second-order valence-corrected chi connectivity index (χ2v) is 9.86. The molecule has 0 aromatic heterocycles. The van der Waals surface area contributed by atoms with E-state index in [9.17, 15) is 13.2 Å². The Bertz CT molecular complexity index is 966. The Kier molecular flexibility index (Phi) is 7.86. The van der Waals surface area contributed by atoms with E-state index in [2.05, 4.69) is 16.5 Å². The molecule has 2 aromatic rings. The zero-order valence-electron chi connectivity index (χ0n) is 18.7. The monoisotopic (exact) mass is 443 g/mol. The lowest BCUT2D eigenvalue weighted by atomic mass is 10.0. The predicted octanol–water partition coefficient (Wildman–Crippen LogP) is 3.60. The first kappa shape index (κ1) is 23.4. The van der Waals surface area contributed by atoms with E-state index >= 15 is 0 Å². The van der Waals surface area contributed by atoms with E-state index in [1.54, 1.807) is 24.3 Å². The van der Waals surface area contributed by atoms with Gasteiger partial charge in [0.1, 0.15) is 0 Å². The molecule has 168 valence electrons. The molecule has 1 saturated heterocycles. The number of nitrogens with one attached hydrogen (secondary N) is 1. The predicted molar refractivity (Wildman–Crippen MR) is 125 cm³/mol. The van der Waals surface area contributed by atoms with Gasteiger partial charge < -0.3 is 9.80 Å². The van der Waals surface area contributed by atoms with Gasteiger partial charge in [0, 0.05) is 24.7 Å². The van der Waals surface area contributed by atoms with Crippen LogP contribution >= 0.6 is 0 Å². The topological polar surface area (TPSA) is 69.7 Å². The van der Waals surface area contributed by atoms with Gasteiger partial charge in [0.25, 0.3) is 5.91 Å². The summed E-state index contributed by atoms with van der Waals surface area (Å²) in [6, 6.07) is 14.5. The summed E-state index contributed by atoms with van der Waals surface area (Å²) in [5.74, 6) is 0.0653. The van der Waals surface area contributed by atoms with Crippen LogP contribution in [-0.2, 0) is 10.0 Å². The van der Waals surface area contributed by atoms with Crippen molar-refractivity contribution in [2.24, 2.45) is 0 Å². The molecular formula is C24H33N3O3S. The van der Waals surface area contributed by atoms with Crippen molar-refractivity contribution in [3.8, 4) is 11.1 Å². The molecule has 2 aromatic carbocycles. The second-order valence-electron chi connectivity index (χ2n) is 7.97. The third kappa shape index (κ3) is 5.53. The van der Waals surface area contributed by atoms with Gasteiger partial charge in [-0.05, 0) is 81.7 Å². The Morgan fingerprint density at radius 1 is 1.00 bits per heavy atom. The van der Waals surface area contributed by atoms with E-state index < -0.39 is 10.0 Å². The average Bonchev–Trinajstić information content (AvgIpc) is 3.32. The molecule has 1 heterocycles. The SMILES string of the molecule is CCC(CN1CCCC1)N(CC)C(=O)c1ccc(-c2ccc(S(=O)(=O)NC)cc2)cc1. The Hall–Kier alpha value is -2.22. The Morgan fingerprint density at radius 2 is 1.55 bits per heavy atom.